The summed E-state index contributed by atoms with van der Waals surface area (Å²) >= 11 is 6.36. The first-order chi connectivity index (χ1) is 17.5. The molecule has 0 radical (unpaired) electrons. The minimum Gasteiger partial charge on any atom is -0.463 e. The Morgan fingerprint density at radius 1 is 1.22 bits per heavy atom. The van der Waals surface area contributed by atoms with E-state index in [1.807, 2.05) is 0 Å². The summed E-state index contributed by atoms with van der Waals surface area (Å²) in [5, 5.41) is 26.6. The van der Waals surface area contributed by atoms with E-state index in [2.05, 4.69) is 16.5 Å². The molecule has 37 heavy (non-hydrogen) atoms. The monoisotopic (exact) mass is 523 g/mol. The molecule has 1 atom stereocenters. The lowest BCUT2D eigenvalue weighted by Gasteiger charge is -2.33. The maximum absolute atomic E-state index is 13.2. The number of anilines is 1. The predicted molar refractivity (Wildman–Crippen MR) is 137 cm³/mol. The van der Waals surface area contributed by atoms with Gasteiger partial charge in [-0.1, -0.05) is 17.7 Å². The summed E-state index contributed by atoms with van der Waals surface area (Å²) in [4.78, 5) is 39.0. The van der Waals surface area contributed by atoms with Crippen LogP contribution in [0.25, 0.3) is 22.0 Å². The minimum absolute atomic E-state index is 0.0752. The number of carbonyl (C=O) groups excluding carboxylic acids is 2. The molecule has 1 aromatic heterocycles. The van der Waals surface area contributed by atoms with Crippen LogP contribution in [0, 0.1) is 17.2 Å². The number of carbonyl (C=O) groups is 3. The number of hydrogen-bond acceptors (Lipinski definition) is 6. The molecule has 2 heterocycles. The summed E-state index contributed by atoms with van der Waals surface area (Å²) in [5.41, 5.74) is 1.26. The number of halogens is 1. The zero-order valence-corrected chi connectivity index (χ0v) is 21.4. The largest absolute Gasteiger partial charge is 0.463 e. The predicted octanol–water partition coefficient (Wildman–Crippen LogP) is 5.34. The molecule has 0 aliphatic carbocycles. The first-order valence-electron chi connectivity index (χ1n) is 11.7. The van der Waals surface area contributed by atoms with Crippen LogP contribution in [0.3, 0.4) is 0 Å². The Hall–Kier alpha value is -4.10. The van der Waals surface area contributed by atoms with Crippen molar-refractivity contribution in [1.82, 2.24) is 14.7 Å². The van der Waals surface area contributed by atoms with Gasteiger partial charge in [-0.3, -0.25) is 4.79 Å². The number of ether oxygens (including phenoxy) is 1. The molecule has 3 aromatic rings. The van der Waals surface area contributed by atoms with Crippen LogP contribution in [0.15, 0.2) is 36.4 Å². The Morgan fingerprint density at radius 3 is 2.65 bits per heavy atom. The van der Waals surface area contributed by atoms with Crippen LogP contribution in [-0.2, 0) is 9.53 Å². The van der Waals surface area contributed by atoms with E-state index in [4.69, 9.17) is 16.3 Å². The molecule has 0 unspecified atom stereocenters. The van der Waals surface area contributed by atoms with Gasteiger partial charge >= 0.3 is 12.2 Å². The lowest BCUT2D eigenvalue weighted by atomic mass is 9.97. The van der Waals surface area contributed by atoms with Crippen LogP contribution >= 0.6 is 11.6 Å². The van der Waals surface area contributed by atoms with Gasteiger partial charge in [0.2, 0.25) is 5.91 Å². The highest BCUT2D eigenvalue weighted by molar-refractivity contribution is 6.33. The van der Waals surface area contributed by atoms with Gasteiger partial charge in [0, 0.05) is 29.1 Å². The first-order valence-corrected chi connectivity index (χ1v) is 12.1. The fourth-order valence-corrected chi connectivity index (χ4v) is 4.47. The van der Waals surface area contributed by atoms with E-state index < -0.39 is 23.7 Å². The third-order valence-corrected chi connectivity index (χ3v) is 6.28. The molecule has 1 aliphatic heterocycles. The van der Waals surface area contributed by atoms with E-state index in [0.29, 0.717) is 46.5 Å². The number of carboxylic acid groups (broad SMARTS) is 1. The average molecular weight is 524 g/mol. The van der Waals surface area contributed by atoms with E-state index >= 15 is 0 Å². The third kappa shape index (κ3) is 5.67. The summed E-state index contributed by atoms with van der Waals surface area (Å²) in [6.45, 7) is 6.00. The Labute approximate surface area is 218 Å². The Morgan fingerprint density at radius 2 is 1.97 bits per heavy atom. The molecule has 0 saturated carbocycles. The highest BCUT2D eigenvalue weighted by Gasteiger charge is 2.32. The molecule has 1 fully saturated rings. The van der Waals surface area contributed by atoms with Gasteiger partial charge in [0.15, 0.2) is 5.82 Å². The lowest BCUT2D eigenvalue weighted by molar-refractivity contribution is -0.121. The van der Waals surface area contributed by atoms with E-state index in [0.717, 1.165) is 4.68 Å². The van der Waals surface area contributed by atoms with Gasteiger partial charge in [0.05, 0.1) is 23.1 Å². The molecule has 0 spiro atoms. The number of benzene rings is 2. The van der Waals surface area contributed by atoms with E-state index in [9.17, 15) is 24.8 Å². The van der Waals surface area contributed by atoms with Gasteiger partial charge in [-0.05, 0) is 69.5 Å². The van der Waals surface area contributed by atoms with E-state index in [1.54, 1.807) is 57.2 Å². The first kappa shape index (κ1) is 26.0. The Kier molecular flexibility index (Phi) is 7.09. The molecular weight excluding hydrogens is 498 g/mol. The van der Waals surface area contributed by atoms with Gasteiger partial charge in [0.1, 0.15) is 5.60 Å². The molecule has 11 heteroatoms. The quantitative estimate of drug-likeness (QED) is 0.472. The Bertz CT molecular complexity index is 1440. The number of nitrogens with zero attached hydrogens (tertiary/aromatic N) is 4. The standard InChI is InChI=1S/C26H26ClN5O5/c1-26(2,3)37-25(36)31-10-4-5-17(14-31)23(33)29-22-19-12-16(7-9-21(19)32(30-22)24(34)35)18-11-15(13-28)6-8-20(18)27/h6-9,11-12,17H,4-5,10,14H2,1-3H3,(H,34,35)(H,29,30,33)/t17-/m1/s1. The van der Waals surface area contributed by atoms with Crippen LogP contribution in [0.4, 0.5) is 15.4 Å². The van der Waals surface area contributed by atoms with E-state index in [1.165, 1.54) is 4.90 Å². The summed E-state index contributed by atoms with van der Waals surface area (Å²) in [6, 6.07) is 11.8. The van der Waals surface area contributed by atoms with Crippen LogP contribution < -0.4 is 5.32 Å². The van der Waals surface area contributed by atoms with Crippen molar-refractivity contribution < 1.29 is 24.2 Å². The second kappa shape index (κ2) is 10.1. The number of amides is 2. The molecule has 192 valence electrons. The highest BCUT2D eigenvalue weighted by atomic mass is 35.5. The van der Waals surface area contributed by atoms with Gasteiger partial charge in [0.25, 0.3) is 0 Å². The molecule has 10 nitrogen and oxygen atoms in total. The fourth-order valence-electron chi connectivity index (χ4n) is 4.24. The van der Waals surface area contributed by atoms with Crippen molar-refractivity contribution in [3.63, 3.8) is 0 Å². The third-order valence-electron chi connectivity index (χ3n) is 5.95. The summed E-state index contributed by atoms with van der Waals surface area (Å²) < 4.78 is 6.22. The van der Waals surface area contributed by atoms with Crippen molar-refractivity contribution in [3.05, 3.63) is 47.0 Å². The number of piperidine rings is 1. The molecule has 4 rings (SSSR count). The maximum Gasteiger partial charge on any atom is 0.432 e. The highest BCUT2D eigenvalue weighted by Crippen LogP contribution is 2.34. The Balaban J connectivity index is 1.64. The zero-order valence-electron chi connectivity index (χ0n) is 20.6. The second-order valence-corrected chi connectivity index (χ2v) is 10.2. The number of hydrogen-bond donors (Lipinski definition) is 2. The number of fused-ring (bicyclic) bond motifs is 1. The van der Waals surface area contributed by atoms with Crippen molar-refractivity contribution in [2.24, 2.45) is 5.92 Å². The molecule has 1 saturated heterocycles. The summed E-state index contributed by atoms with van der Waals surface area (Å²) in [7, 11) is 0. The van der Waals surface area contributed by atoms with Crippen molar-refractivity contribution in [2.75, 3.05) is 18.4 Å². The average Bonchev–Trinajstić information content (AvgIpc) is 3.21. The number of likely N-dealkylation sites (tertiary alicyclic amines) is 1. The van der Waals surface area contributed by atoms with Gasteiger partial charge in [-0.15, -0.1) is 5.10 Å². The van der Waals surface area contributed by atoms with Crippen molar-refractivity contribution in [2.45, 2.75) is 39.2 Å². The van der Waals surface area contributed by atoms with Gasteiger partial charge < -0.3 is 20.1 Å². The van der Waals surface area contributed by atoms with Crippen LogP contribution in [-0.4, -0.2) is 56.6 Å². The zero-order chi connectivity index (χ0) is 26.9. The molecule has 0 bridgehead atoms. The molecule has 2 aromatic carbocycles. The number of nitrogens with one attached hydrogen (secondary N) is 1. The van der Waals surface area contributed by atoms with Crippen LogP contribution in [0.5, 0.6) is 0 Å². The van der Waals surface area contributed by atoms with Crippen molar-refractivity contribution >= 4 is 46.4 Å². The topological polar surface area (TPSA) is 138 Å². The normalized spacial score (nSPS) is 15.8. The lowest BCUT2D eigenvalue weighted by Crippen LogP contribution is -2.45. The fraction of sp³-hybridized carbons (Fsp3) is 0.346. The SMILES string of the molecule is CC(C)(C)OC(=O)N1CCC[C@@H](C(=O)Nc2nn(C(=O)O)c3ccc(-c4cc(C#N)ccc4Cl)cc23)C1. The van der Waals surface area contributed by atoms with E-state index in [-0.39, 0.29) is 23.8 Å². The number of aromatic nitrogens is 2. The second-order valence-electron chi connectivity index (χ2n) is 9.84. The molecular formula is C26H26ClN5O5. The van der Waals surface area contributed by atoms with Crippen molar-refractivity contribution in [3.8, 4) is 17.2 Å². The summed E-state index contributed by atoms with van der Waals surface area (Å²) in [6.07, 6.45) is -0.604. The van der Waals surface area contributed by atoms with Crippen LogP contribution in [0.2, 0.25) is 5.02 Å². The number of nitriles is 1. The van der Waals surface area contributed by atoms with Gasteiger partial charge in [-0.2, -0.15) is 9.94 Å². The smallest absolute Gasteiger partial charge is 0.432 e. The summed E-state index contributed by atoms with van der Waals surface area (Å²) in [5.74, 6) is -0.817. The minimum atomic E-state index is -1.31. The molecule has 2 N–H and O–H groups in total. The van der Waals surface area contributed by atoms with Crippen molar-refractivity contribution in [1.29, 1.82) is 5.26 Å². The molecule has 2 amide bonds. The molecule has 1 aliphatic rings. The maximum atomic E-state index is 13.2. The number of rotatable bonds is 3. The van der Waals surface area contributed by atoms with Crippen LogP contribution in [0.1, 0.15) is 39.2 Å². The van der Waals surface area contributed by atoms with Gasteiger partial charge in [-0.25, -0.2) is 9.59 Å².